The minimum Gasteiger partial charge on any atom is -0.337 e. The molecule has 0 spiro atoms. The van der Waals surface area contributed by atoms with Crippen molar-refractivity contribution in [2.75, 3.05) is 13.3 Å². The summed E-state index contributed by atoms with van der Waals surface area (Å²) in [7, 11) is -1.54. The molecule has 0 saturated heterocycles. The second-order valence-electron chi connectivity index (χ2n) is 5.03. The van der Waals surface area contributed by atoms with Gasteiger partial charge in [0.15, 0.2) is 9.84 Å². The minimum absolute atomic E-state index is 0.0509. The Kier molecular flexibility index (Phi) is 4.55. The lowest BCUT2D eigenvalue weighted by Gasteiger charge is -2.25. The molecule has 1 amide bonds. The zero-order chi connectivity index (χ0) is 16.3. The third kappa shape index (κ3) is 3.67. The molecule has 118 valence electrons. The molecule has 2 aromatic rings. The first-order valence-corrected chi connectivity index (χ1v) is 8.44. The van der Waals surface area contributed by atoms with Gasteiger partial charge in [0.05, 0.1) is 10.9 Å². The summed E-state index contributed by atoms with van der Waals surface area (Å²) >= 11 is 0. The molecule has 1 aromatic carbocycles. The monoisotopic (exact) mass is 323 g/mol. The number of hydrogen-bond acceptors (Lipinski definition) is 6. The van der Waals surface area contributed by atoms with Crippen LogP contribution in [0, 0.1) is 0 Å². The van der Waals surface area contributed by atoms with Crippen LogP contribution in [-0.2, 0) is 21.2 Å². The molecule has 1 atom stereocenters. The maximum absolute atomic E-state index is 12.2. The van der Waals surface area contributed by atoms with Gasteiger partial charge in [-0.25, -0.2) is 13.1 Å². The maximum atomic E-state index is 12.2. The Hall–Kier alpha value is -2.29. The molecular formula is C13H17N5O3S. The standard InChI is InChI=1S/C13H17N5O3S/c1-10(11-4-6-12(7-5-11)22(3,20)21)17(2)13(19)8-18-9-14-15-16-18/h4-7,9-10H,8H2,1-3H3. The van der Waals surface area contributed by atoms with Crippen molar-refractivity contribution >= 4 is 15.7 Å². The summed E-state index contributed by atoms with van der Waals surface area (Å²) in [6.45, 7) is 1.92. The van der Waals surface area contributed by atoms with E-state index in [2.05, 4.69) is 15.5 Å². The Balaban J connectivity index is 2.09. The SMILES string of the molecule is CC(c1ccc(S(C)(=O)=O)cc1)N(C)C(=O)Cn1cnnn1. The maximum Gasteiger partial charge on any atom is 0.244 e. The number of likely N-dealkylation sites (N-methyl/N-ethyl adjacent to an activating group) is 1. The van der Waals surface area contributed by atoms with Crippen LogP contribution < -0.4 is 0 Å². The molecular weight excluding hydrogens is 306 g/mol. The fraction of sp³-hybridized carbons (Fsp3) is 0.385. The lowest BCUT2D eigenvalue weighted by molar-refractivity contribution is -0.132. The average Bonchev–Trinajstić information content (AvgIpc) is 2.97. The normalized spacial score (nSPS) is 12.9. The van der Waals surface area contributed by atoms with Crippen molar-refractivity contribution in [1.82, 2.24) is 25.1 Å². The highest BCUT2D eigenvalue weighted by Crippen LogP contribution is 2.21. The Labute approximate surface area is 128 Å². The molecule has 8 nitrogen and oxygen atoms in total. The summed E-state index contributed by atoms with van der Waals surface area (Å²) in [5, 5.41) is 10.6. The lowest BCUT2D eigenvalue weighted by Crippen LogP contribution is -2.32. The van der Waals surface area contributed by atoms with Gasteiger partial charge in [-0.2, -0.15) is 0 Å². The quantitative estimate of drug-likeness (QED) is 0.784. The molecule has 9 heteroatoms. The molecule has 0 saturated carbocycles. The van der Waals surface area contributed by atoms with Gasteiger partial charge in [0.25, 0.3) is 0 Å². The molecule has 1 aromatic heterocycles. The van der Waals surface area contributed by atoms with Crippen LogP contribution in [0.25, 0.3) is 0 Å². The number of nitrogens with zero attached hydrogens (tertiary/aromatic N) is 5. The van der Waals surface area contributed by atoms with Crippen molar-refractivity contribution in [2.45, 2.75) is 24.4 Å². The van der Waals surface area contributed by atoms with Crippen LogP contribution in [0.3, 0.4) is 0 Å². The number of sulfone groups is 1. The van der Waals surface area contributed by atoms with Crippen molar-refractivity contribution < 1.29 is 13.2 Å². The number of aromatic nitrogens is 4. The van der Waals surface area contributed by atoms with Crippen LogP contribution in [0.4, 0.5) is 0 Å². The van der Waals surface area contributed by atoms with Crippen LogP contribution in [0.1, 0.15) is 18.5 Å². The average molecular weight is 323 g/mol. The van der Waals surface area contributed by atoms with E-state index in [1.165, 1.54) is 11.0 Å². The fourth-order valence-electron chi connectivity index (χ4n) is 1.94. The number of carbonyl (C=O) groups excluding carboxylic acids is 1. The Morgan fingerprint density at radius 1 is 1.32 bits per heavy atom. The lowest BCUT2D eigenvalue weighted by atomic mass is 10.1. The first-order chi connectivity index (χ1) is 10.3. The van der Waals surface area contributed by atoms with Crippen molar-refractivity contribution in [2.24, 2.45) is 0 Å². The van der Waals surface area contributed by atoms with Gasteiger partial charge >= 0.3 is 0 Å². The van der Waals surface area contributed by atoms with E-state index in [1.54, 1.807) is 36.2 Å². The fourth-order valence-corrected chi connectivity index (χ4v) is 2.57. The van der Waals surface area contributed by atoms with E-state index in [0.717, 1.165) is 11.8 Å². The minimum atomic E-state index is -3.22. The van der Waals surface area contributed by atoms with Crippen molar-refractivity contribution in [3.05, 3.63) is 36.2 Å². The molecule has 0 bridgehead atoms. The van der Waals surface area contributed by atoms with E-state index in [4.69, 9.17) is 0 Å². The van der Waals surface area contributed by atoms with Crippen LogP contribution in [0.2, 0.25) is 0 Å². The third-order valence-electron chi connectivity index (χ3n) is 3.45. The molecule has 1 unspecified atom stereocenters. The predicted molar refractivity (Wildman–Crippen MR) is 78.6 cm³/mol. The van der Waals surface area contributed by atoms with E-state index >= 15 is 0 Å². The van der Waals surface area contributed by atoms with Gasteiger partial charge in [-0.15, -0.1) is 5.10 Å². The highest BCUT2D eigenvalue weighted by atomic mass is 32.2. The summed E-state index contributed by atoms with van der Waals surface area (Å²) in [6, 6.07) is 6.31. The van der Waals surface area contributed by atoms with Gasteiger partial charge in [0.1, 0.15) is 12.9 Å². The molecule has 0 aliphatic carbocycles. The van der Waals surface area contributed by atoms with Crippen LogP contribution >= 0.6 is 0 Å². The summed E-state index contributed by atoms with van der Waals surface area (Å²) < 4.78 is 24.2. The molecule has 0 aliphatic heterocycles. The number of benzene rings is 1. The van der Waals surface area contributed by atoms with Gasteiger partial charge in [-0.05, 0) is 35.0 Å². The van der Waals surface area contributed by atoms with Gasteiger partial charge in [-0.1, -0.05) is 12.1 Å². The molecule has 0 radical (unpaired) electrons. The van der Waals surface area contributed by atoms with Crippen LogP contribution in [0.5, 0.6) is 0 Å². The first-order valence-electron chi connectivity index (χ1n) is 6.55. The summed E-state index contributed by atoms with van der Waals surface area (Å²) in [6.07, 6.45) is 2.53. The number of amides is 1. The highest BCUT2D eigenvalue weighted by molar-refractivity contribution is 7.90. The first kappa shape index (κ1) is 16.1. The molecule has 0 aliphatic rings. The Morgan fingerprint density at radius 2 is 1.95 bits per heavy atom. The largest absolute Gasteiger partial charge is 0.337 e. The second kappa shape index (κ2) is 6.22. The van der Waals surface area contributed by atoms with Crippen LogP contribution in [-0.4, -0.2) is 52.7 Å². The number of carbonyl (C=O) groups is 1. The number of rotatable bonds is 5. The van der Waals surface area contributed by atoms with Crippen molar-refractivity contribution in [3.8, 4) is 0 Å². The van der Waals surface area contributed by atoms with Crippen molar-refractivity contribution in [3.63, 3.8) is 0 Å². The topological polar surface area (TPSA) is 98.1 Å². The van der Waals surface area contributed by atoms with E-state index in [-0.39, 0.29) is 23.4 Å². The smallest absolute Gasteiger partial charge is 0.244 e. The molecule has 0 fully saturated rings. The van der Waals surface area contributed by atoms with E-state index < -0.39 is 9.84 Å². The second-order valence-corrected chi connectivity index (χ2v) is 7.04. The predicted octanol–water partition coefficient (Wildman–Crippen LogP) is 0.296. The Bertz CT molecular complexity index is 740. The van der Waals surface area contributed by atoms with Crippen LogP contribution in [0.15, 0.2) is 35.5 Å². The van der Waals surface area contributed by atoms with Gasteiger partial charge in [-0.3, -0.25) is 4.79 Å². The van der Waals surface area contributed by atoms with Gasteiger partial charge < -0.3 is 4.90 Å². The molecule has 0 N–H and O–H groups in total. The summed E-state index contributed by atoms with van der Waals surface area (Å²) in [4.78, 5) is 14.0. The van der Waals surface area contributed by atoms with Gasteiger partial charge in [0.2, 0.25) is 5.91 Å². The summed E-state index contributed by atoms with van der Waals surface area (Å²) in [5.41, 5.74) is 0.847. The van der Waals surface area contributed by atoms with Gasteiger partial charge in [0, 0.05) is 13.3 Å². The molecule has 1 heterocycles. The van der Waals surface area contributed by atoms with E-state index in [0.29, 0.717) is 0 Å². The van der Waals surface area contributed by atoms with E-state index in [1.807, 2.05) is 6.92 Å². The van der Waals surface area contributed by atoms with E-state index in [9.17, 15) is 13.2 Å². The van der Waals surface area contributed by atoms with Crippen molar-refractivity contribution in [1.29, 1.82) is 0 Å². The Morgan fingerprint density at radius 3 is 2.45 bits per heavy atom. The number of hydrogen-bond donors (Lipinski definition) is 0. The number of tetrazole rings is 1. The zero-order valence-electron chi connectivity index (χ0n) is 12.5. The molecule has 2 rings (SSSR count). The highest BCUT2D eigenvalue weighted by Gasteiger charge is 2.18. The molecule has 22 heavy (non-hydrogen) atoms. The summed E-state index contributed by atoms with van der Waals surface area (Å²) in [5.74, 6) is -0.146. The zero-order valence-corrected chi connectivity index (χ0v) is 13.4. The third-order valence-corrected chi connectivity index (χ3v) is 4.58.